The number of piperazine rings is 1. The van der Waals surface area contributed by atoms with E-state index in [9.17, 15) is 5.11 Å². The molecule has 8 nitrogen and oxygen atoms in total. The Balaban J connectivity index is 1.64. The smallest absolute Gasteiger partial charge is 0.203 e. The van der Waals surface area contributed by atoms with Crippen LogP contribution in [0.2, 0.25) is 0 Å². The highest BCUT2D eigenvalue weighted by Gasteiger charge is 2.28. The zero-order valence-corrected chi connectivity index (χ0v) is 22.9. The van der Waals surface area contributed by atoms with E-state index in [0.717, 1.165) is 44.7 Å². The number of hydrogen-bond acceptors (Lipinski definition) is 8. The van der Waals surface area contributed by atoms with Crippen LogP contribution >= 0.6 is 0 Å². The molecule has 0 unspecified atom stereocenters. The quantitative estimate of drug-likeness (QED) is 0.386. The van der Waals surface area contributed by atoms with E-state index in [2.05, 4.69) is 34.1 Å². The summed E-state index contributed by atoms with van der Waals surface area (Å²) in [6.07, 6.45) is 0.750. The molecule has 38 heavy (non-hydrogen) atoms. The van der Waals surface area contributed by atoms with Gasteiger partial charge in [0, 0.05) is 55.5 Å². The molecule has 1 heterocycles. The van der Waals surface area contributed by atoms with E-state index in [-0.39, 0.29) is 11.7 Å². The monoisotopic (exact) mass is 522 g/mol. The predicted molar refractivity (Wildman–Crippen MR) is 149 cm³/mol. The summed E-state index contributed by atoms with van der Waals surface area (Å²) in [6.45, 7) is 4.70. The van der Waals surface area contributed by atoms with Crippen LogP contribution in [0.25, 0.3) is 0 Å². The fourth-order valence-corrected chi connectivity index (χ4v) is 5.18. The number of aromatic hydroxyl groups is 1. The number of rotatable bonds is 11. The van der Waals surface area contributed by atoms with Gasteiger partial charge in [-0.25, -0.2) is 0 Å². The van der Waals surface area contributed by atoms with E-state index in [4.69, 9.17) is 23.7 Å². The Bertz CT molecular complexity index is 1170. The van der Waals surface area contributed by atoms with Crippen LogP contribution in [0, 0.1) is 0 Å². The first-order valence-electron chi connectivity index (χ1n) is 12.8. The molecule has 0 saturated carbocycles. The number of hydrogen-bond donors (Lipinski definition) is 1. The third-order valence-electron chi connectivity index (χ3n) is 7.21. The van der Waals surface area contributed by atoms with Gasteiger partial charge >= 0.3 is 0 Å². The number of benzene rings is 3. The molecule has 0 spiro atoms. The van der Waals surface area contributed by atoms with Gasteiger partial charge in [0.1, 0.15) is 17.2 Å². The molecule has 8 heteroatoms. The van der Waals surface area contributed by atoms with Gasteiger partial charge in [0.2, 0.25) is 5.75 Å². The van der Waals surface area contributed by atoms with Gasteiger partial charge in [0.15, 0.2) is 11.5 Å². The highest BCUT2D eigenvalue weighted by molar-refractivity contribution is 5.59. The van der Waals surface area contributed by atoms with E-state index in [1.54, 1.807) is 47.7 Å². The van der Waals surface area contributed by atoms with Crippen LogP contribution in [0.3, 0.4) is 0 Å². The van der Waals surface area contributed by atoms with Crippen molar-refractivity contribution in [1.82, 2.24) is 4.90 Å². The van der Waals surface area contributed by atoms with Crippen LogP contribution in [0.1, 0.15) is 23.5 Å². The minimum atomic E-state index is -0.197. The molecule has 1 fully saturated rings. The second-order valence-electron chi connectivity index (χ2n) is 9.23. The summed E-state index contributed by atoms with van der Waals surface area (Å²) in [6, 6.07) is 17.9. The van der Waals surface area contributed by atoms with E-state index in [0.29, 0.717) is 34.3 Å². The average Bonchev–Trinajstić information content (AvgIpc) is 2.97. The molecule has 1 aliphatic heterocycles. The van der Waals surface area contributed by atoms with Crippen molar-refractivity contribution in [2.45, 2.75) is 12.3 Å². The Morgan fingerprint density at radius 3 is 1.92 bits per heavy atom. The van der Waals surface area contributed by atoms with Gasteiger partial charge in [-0.2, -0.15) is 0 Å². The summed E-state index contributed by atoms with van der Waals surface area (Å²) in [7, 11) is 7.97. The summed E-state index contributed by atoms with van der Waals surface area (Å²) in [4.78, 5) is 4.89. The van der Waals surface area contributed by atoms with Crippen molar-refractivity contribution in [2.75, 3.05) is 73.2 Å². The molecule has 0 aromatic heterocycles. The van der Waals surface area contributed by atoms with Gasteiger partial charge in [-0.3, -0.25) is 4.90 Å². The van der Waals surface area contributed by atoms with Crippen LogP contribution in [0.4, 0.5) is 5.69 Å². The fraction of sp³-hybridized carbons (Fsp3) is 0.400. The van der Waals surface area contributed by atoms with Crippen LogP contribution in [-0.2, 0) is 0 Å². The number of ether oxygens (including phenoxy) is 5. The molecule has 1 saturated heterocycles. The first-order chi connectivity index (χ1) is 18.5. The summed E-state index contributed by atoms with van der Waals surface area (Å²) in [5.74, 6) is 2.68. The largest absolute Gasteiger partial charge is 0.507 e. The van der Waals surface area contributed by atoms with E-state index in [1.807, 2.05) is 18.2 Å². The lowest BCUT2D eigenvalue weighted by molar-refractivity contribution is 0.250. The average molecular weight is 523 g/mol. The lowest BCUT2D eigenvalue weighted by Crippen LogP contribution is -2.46. The summed E-state index contributed by atoms with van der Waals surface area (Å²) in [5.41, 5.74) is 2.89. The molecule has 3 aromatic carbocycles. The number of phenols is 1. The molecule has 0 amide bonds. The zero-order valence-electron chi connectivity index (χ0n) is 22.9. The van der Waals surface area contributed by atoms with Gasteiger partial charge in [-0.15, -0.1) is 0 Å². The third kappa shape index (κ3) is 5.86. The van der Waals surface area contributed by atoms with Crippen molar-refractivity contribution < 1.29 is 28.8 Å². The van der Waals surface area contributed by atoms with Gasteiger partial charge in [-0.1, -0.05) is 18.2 Å². The molecular weight excluding hydrogens is 484 g/mol. The fourth-order valence-electron chi connectivity index (χ4n) is 5.18. The number of para-hydroxylation sites is 1. The van der Waals surface area contributed by atoms with Crippen molar-refractivity contribution in [2.24, 2.45) is 0 Å². The minimum Gasteiger partial charge on any atom is -0.507 e. The highest BCUT2D eigenvalue weighted by Crippen LogP contribution is 2.47. The molecule has 1 atom stereocenters. The molecular formula is C30H38N2O6. The molecule has 0 bridgehead atoms. The van der Waals surface area contributed by atoms with Gasteiger partial charge in [0.05, 0.1) is 35.5 Å². The number of nitrogens with zero attached hydrogens (tertiary/aromatic N) is 2. The third-order valence-corrected chi connectivity index (χ3v) is 7.21. The van der Waals surface area contributed by atoms with Crippen LogP contribution < -0.4 is 28.6 Å². The Labute approximate surface area is 225 Å². The predicted octanol–water partition coefficient (Wildman–Crippen LogP) is 4.78. The van der Waals surface area contributed by atoms with E-state index >= 15 is 0 Å². The van der Waals surface area contributed by atoms with Crippen LogP contribution in [0.5, 0.6) is 34.5 Å². The lowest BCUT2D eigenvalue weighted by atomic mass is 9.86. The maximum atomic E-state index is 11.2. The van der Waals surface area contributed by atoms with E-state index in [1.165, 1.54) is 5.69 Å². The van der Waals surface area contributed by atoms with Crippen molar-refractivity contribution in [1.29, 1.82) is 0 Å². The number of phenolic OH excluding ortho intramolecular Hbond substituents is 1. The van der Waals surface area contributed by atoms with Gasteiger partial charge < -0.3 is 33.7 Å². The first-order valence-corrected chi connectivity index (χ1v) is 12.8. The summed E-state index contributed by atoms with van der Waals surface area (Å²) >= 11 is 0. The van der Waals surface area contributed by atoms with Crippen LogP contribution in [0.15, 0.2) is 54.6 Å². The van der Waals surface area contributed by atoms with Crippen molar-refractivity contribution in [3.63, 3.8) is 0 Å². The Morgan fingerprint density at radius 2 is 1.37 bits per heavy atom. The molecule has 204 valence electrons. The van der Waals surface area contributed by atoms with Crippen LogP contribution in [-0.4, -0.2) is 78.3 Å². The zero-order chi connectivity index (χ0) is 27.1. The van der Waals surface area contributed by atoms with Gasteiger partial charge in [-0.05, 0) is 42.8 Å². The molecule has 1 N–H and O–H groups in total. The Morgan fingerprint density at radius 1 is 0.737 bits per heavy atom. The first kappa shape index (κ1) is 27.3. The van der Waals surface area contributed by atoms with Crippen molar-refractivity contribution in [3.05, 3.63) is 65.7 Å². The molecule has 1 aliphatic rings. The Kier molecular flexibility index (Phi) is 9.07. The summed E-state index contributed by atoms with van der Waals surface area (Å²) < 4.78 is 27.9. The second-order valence-corrected chi connectivity index (χ2v) is 9.23. The van der Waals surface area contributed by atoms with Gasteiger partial charge in [0.25, 0.3) is 0 Å². The number of anilines is 1. The second kappa shape index (κ2) is 12.6. The molecule has 4 rings (SSSR count). The van der Waals surface area contributed by atoms with Crippen molar-refractivity contribution >= 4 is 5.69 Å². The Hall–Kier alpha value is -3.78. The highest BCUT2D eigenvalue weighted by atomic mass is 16.5. The maximum absolute atomic E-state index is 11.2. The molecule has 0 aliphatic carbocycles. The number of methoxy groups -OCH3 is 5. The normalized spacial score (nSPS) is 14.6. The summed E-state index contributed by atoms with van der Waals surface area (Å²) in [5, 5.41) is 11.2. The lowest BCUT2D eigenvalue weighted by Gasteiger charge is -2.37. The molecule has 0 radical (unpaired) electrons. The standard InChI is InChI=1S/C30H38N2O6/c1-34-23-19-25(33)29(26(20-23)35-2)24(21-17-27(36-3)30(38-5)28(18-21)37-4)11-12-31-13-15-32(16-14-31)22-9-7-6-8-10-22/h6-10,17-20,24,33H,11-16H2,1-5H3/t24-/m1/s1. The minimum absolute atomic E-state index is 0.119. The SMILES string of the molecule is COc1cc(O)c([C@H](CCN2CCN(c3ccccc3)CC2)c2cc(OC)c(OC)c(OC)c2)c(OC)c1. The molecule has 3 aromatic rings. The van der Waals surface area contributed by atoms with Crippen molar-refractivity contribution in [3.8, 4) is 34.5 Å². The topological polar surface area (TPSA) is 72.9 Å². The van der Waals surface area contributed by atoms with E-state index < -0.39 is 0 Å². The maximum Gasteiger partial charge on any atom is 0.203 e.